The fourth-order valence-corrected chi connectivity index (χ4v) is 5.19. The lowest BCUT2D eigenvalue weighted by molar-refractivity contribution is 0.0685. The van der Waals surface area contributed by atoms with Gasteiger partial charge in [0.2, 0.25) is 0 Å². The molecule has 6 rings (SSSR count). The van der Waals surface area contributed by atoms with Gasteiger partial charge < -0.3 is 19.9 Å². The van der Waals surface area contributed by atoms with E-state index in [4.69, 9.17) is 11.6 Å². The highest BCUT2D eigenvalue weighted by molar-refractivity contribution is 6.35. The van der Waals surface area contributed by atoms with Crippen LogP contribution in [-0.2, 0) is 13.1 Å². The molecule has 0 aliphatic carbocycles. The van der Waals surface area contributed by atoms with E-state index in [9.17, 15) is 19.5 Å². The summed E-state index contributed by atoms with van der Waals surface area (Å²) in [5.41, 5.74) is 4.06. The number of fused-ring (bicyclic) bond motifs is 3. The maximum Gasteiger partial charge on any atom is 0.352 e. The molecule has 2 amide bonds. The summed E-state index contributed by atoms with van der Waals surface area (Å²) in [5.74, 6) is -1.71. The Balaban J connectivity index is 1.30. The van der Waals surface area contributed by atoms with E-state index in [1.54, 1.807) is 58.1 Å². The monoisotopic (exact) mass is 536 g/mol. The van der Waals surface area contributed by atoms with Gasteiger partial charge in [-0.2, -0.15) is 0 Å². The zero-order valence-electron chi connectivity index (χ0n) is 20.5. The number of aromatic nitrogens is 2. The molecule has 0 bridgehead atoms. The lowest BCUT2D eigenvalue weighted by atomic mass is 10.1. The molecule has 8 nitrogen and oxygen atoms in total. The summed E-state index contributed by atoms with van der Waals surface area (Å²) in [6.45, 7) is 0.498. The molecule has 1 aliphatic heterocycles. The number of halogens is 1. The van der Waals surface area contributed by atoms with E-state index in [1.807, 2.05) is 42.5 Å². The van der Waals surface area contributed by atoms with Gasteiger partial charge in [0.05, 0.1) is 34.8 Å². The number of carboxylic acid groups (broad SMARTS) is 1. The van der Waals surface area contributed by atoms with Crippen molar-refractivity contribution in [1.29, 1.82) is 0 Å². The molecule has 3 heterocycles. The molecule has 2 N–H and O–H groups in total. The van der Waals surface area contributed by atoms with Crippen LogP contribution >= 0.6 is 11.6 Å². The zero-order chi connectivity index (χ0) is 27.1. The topological polar surface area (TPSA) is 105 Å². The number of hydrogen-bond donors (Lipinski definition) is 2. The quantitative estimate of drug-likeness (QED) is 0.300. The number of aromatic carboxylic acids is 1. The second kappa shape index (κ2) is 9.74. The van der Waals surface area contributed by atoms with Crippen molar-refractivity contribution in [3.8, 4) is 0 Å². The van der Waals surface area contributed by atoms with Gasteiger partial charge in [-0.1, -0.05) is 48.0 Å². The third-order valence-electron chi connectivity index (χ3n) is 6.80. The predicted molar refractivity (Wildman–Crippen MR) is 149 cm³/mol. The first-order valence-electron chi connectivity index (χ1n) is 12.2. The SMILES string of the molecule is O=C(Nc1ccc(C(=O)N2Cc3ccc(C(=O)O)n3Cc3ccccc32)c(Cl)c1)c1cccc2cccnc12. The van der Waals surface area contributed by atoms with Crippen molar-refractivity contribution in [2.75, 3.05) is 10.2 Å². The molecule has 2 aromatic heterocycles. The molecule has 0 radical (unpaired) electrons. The molecular weight excluding hydrogens is 516 g/mol. The predicted octanol–water partition coefficient (Wildman–Crippen LogP) is 5.85. The highest BCUT2D eigenvalue weighted by atomic mass is 35.5. The van der Waals surface area contributed by atoms with Crippen molar-refractivity contribution >= 4 is 51.7 Å². The third-order valence-corrected chi connectivity index (χ3v) is 7.11. The summed E-state index contributed by atoms with van der Waals surface area (Å²) in [6, 6.07) is 24.5. The summed E-state index contributed by atoms with van der Waals surface area (Å²) >= 11 is 6.59. The van der Waals surface area contributed by atoms with Gasteiger partial charge in [-0.25, -0.2) is 4.79 Å². The van der Waals surface area contributed by atoms with Crippen LogP contribution in [0.5, 0.6) is 0 Å². The van der Waals surface area contributed by atoms with E-state index >= 15 is 0 Å². The number of para-hydroxylation sites is 2. The van der Waals surface area contributed by atoms with E-state index in [1.165, 1.54) is 0 Å². The smallest absolute Gasteiger partial charge is 0.352 e. The molecule has 0 atom stereocenters. The minimum atomic E-state index is -1.03. The van der Waals surface area contributed by atoms with E-state index < -0.39 is 5.97 Å². The standard InChI is InChI=1S/C30H21ClN4O4/c31-24-15-20(33-28(36)23-8-3-6-18-7-4-14-32-27(18)23)10-12-22(24)29(37)35-17-21-11-13-26(30(38)39)34(21)16-19-5-1-2-9-25(19)35/h1-15H,16-17H2,(H,33,36)(H,38,39). The minimum absolute atomic E-state index is 0.161. The molecule has 0 unspecified atom stereocenters. The van der Waals surface area contributed by atoms with Crippen molar-refractivity contribution in [2.45, 2.75) is 13.1 Å². The van der Waals surface area contributed by atoms with Gasteiger partial charge in [0.15, 0.2) is 0 Å². The van der Waals surface area contributed by atoms with Crippen molar-refractivity contribution in [3.63, 3.8) is 0 Å². The Morgan fingerprint density at radius 3 is 2.51 bits per heavy atom. The molecule has 5 aromatic rings. The molecule has 192 valence electrons. The van der Waals surface area contributed by atoms with Crippen molar-refractivity contribution < 1.29 is 19.5 Å². The van der Waals surface area contributed by atoms with Gasteiger partial charge in [-0.05, 0) is 54.1 Å². The maximum absolute atomic E-state index is 13.8. The number of nitrogens with zero attached hydrogens (tertiary/aromatic N) is 3. The Hall–Kier alpha value is -4.95. The van der Waals surface area contributed by atoms with Crippen LogP contribution in [0.15, 0.2) is 91.1 Å². The normalized spacial score (nSPS) is 12.4. The van der Waals surface area contributed by atoms with Gasteiger partial charge in [0.1, 0.15) is 5.69 Å². The summed E-state index contributed by atoms with van der Waals surface area (Å²) in [5, 5.41) is 13.5. The maximum atomic E-state index is 13.8. The van der Waals surface area contributed by atoms with Crippen molar-refractivity contribution in [2.24, 2.45) is 0 Å². The number of hydrogen-bond acceptors (Lipinski definition) is 4. The molecule has 0 saturated heterocycles. The van der Waals surface area contributed by atoms with Gasteiger partial charge in [-0.3, -0.25) is 14.6 Å². The average Bonchev–Trinajstić information content (AvgIpc) is 3.26. The number of anilines is 2. The number of rotatable bonds is 4. The van der Waals surface area contributed by atoms with Crippen LogP contribution < -0.4 is 10.2 Å². The van der Waals surface area contributed by atoms with Crippen LogP contribution in [0.4, 0.5) is 11.4 Å². The van der Waals surface area contributed by atoms with E-state index in [0.717, 1.165) is 10.9 Å². The number of carbonyl (C=O) groups is 3. The number of amides is 2. The Morgan fingerprint density at radius 1 is 0.872 bits per heavy atom. The molecule has 1 aliphatic rings. The lowest BCUT2D eigenvalue weighted by Crippen LogP contribution is -2.31. The second-order valence-electron chi connectivity index (χ2n) is 9.15. The Kier molecular flexibility index (Phi) is 6.09. The number of carboxylic acids is 1. The molecule has 0 spiro atoms. The highest BCUT2D eigenvalue weighted by Gasteiger charge is 2.28. The zero-order valence-corrected chi connectivity index (χ0v) is 21.2. The van der Waals surface area contributed by atoms with Gasteiger partial charge in [0, 0.05) is 28.7 Å². The van der Waals surface area contributed by atoms with Crippen LogP contribution in [0.2, 0.25) is 5.02 Å². The van der Waals surface area contributed by atoms with Gasteiger partial charge in [-0.15, -0.1) is 0 Å². The largest absolute Gasteiger partial charge is 0.477 e. The summed E-state index contributed by atoms with van der Waals surface area (Å²) < 4.78 is 1.71. The Morgan fingerprint density at radius 2 is 1.69 bits per heavy atom. The molecule has 39 heavy (non-hydrogen) atoms. The van der Waals surface area contributed by atoms with Crippen molar-refractivity contribution in [1.82, 2.24) is 9.55 Å². The van der Waals surface area contributed by atoms with E-state index in [-0.39, 0.29) is 34.6 Å². The molecule has 3 aromatic carbocycles. The number of benzene rings is 3. The molecule has 0 saturated carbocycles. The fourth-order valence-electron chi connectivity index (χ4n) is 4.93. The first-order valence-corrected chi connectivity index (χ1v) is 12.5. The third kappa shape index (κ3) is 4.41. The average molecular weight is 537 g/mol. The summed E-state index contributed by atoms with van der Waals surface area (Å²) in [6.07, 6.45) is 1.64. The van der Waals surface area contributed by atoms with Crippen LogP contribution in [0.3, 0.4) is 0 Å². The second-order valence-corrected chi connectivity index (χ2v) is 9.56. The van der Waals surface area contributed by atoms with E-state index in [2.05, 4.69) is 10.3 Å². The van der Waals surface area contributed by atoms with Gasteiger partial charge >= 0.3 is 5.97 Å². The first kappa shape index (κ1) is 24.4. The van der Waals surface area contributed by atoms with Crippen molar-refractivity contribution in [3.05, 3.63) is 124 Å². The number of carbonyl (C=O) groups excluding carboxylic acids is 2. The first-order chi connectivity index (χ1) is 18.9. The van der Waals surface area contributed by atoms with Gasteiger partial charge in [0.25, 0.3) is 11.8 Å². The van der Waals surface area contributed by atoms with Crippen LogP contribution in [0.25, 0.3) is 10.9 Å². The highest BCUT2D eigenvalue weighted by Crippen LogP contribution is 2.32. The summed E-state index contributed by atoms with van der Waals surface area (Å²) in [7, 11) is 0. The number of pyridine rings is 1. The fraction of sp³-hybridized carbons (Fsp3) is 0.0667. The van der Waals surface area contributed by atoms with Crippen LogP contribution in [0, 0.1) is 0 Å². The Bertz CT molecular complexity index is 1790. The molecule has 0 fully saturated rings. The van der Waals surface area contributed by atoms with Crippen LogP contribution in [0.1, 0.15) is 42.5 Å². The molecular formula is C30H21ClN4O4. The van der Waals surface area contributed by atoms with E-state index in [0.29, 0.717) is 34.7 Å². The molecule has 9 heteroatoms. The van der Waals surface area contributed by atoms with Crippen LogP contribution in [-0.4, -0.2) is 32.4 Å². The number of nitrogens with one attached hydrogen (secondary N) is 1. The Labute approximate surface area is 228 Å². The lowest BCUT2D eigenvalue weighted by Gasteiger charge is -2.23. The summed E-state index contributed by atoms with van der Waals surface area (Å²) in [4.78, 5) is 44.5. The minimum Gasteiger partial charge on any atom is -0.477 e.